The van der Waals surface area contributed by atoms with Crippen LogP contribution in [-0.2, 0) is 9.53 Å². The van der Waals surface area contributed by atoms with E-state index >= 15 is 0 Å². The van der Waals surface area contributed by atoms with Gasteiger partial charge in [-0.3, -0.25) is 4.79 Å². The van der Waals surface area contributed by atoms with Crippen LogP contribution in [0.15, 0.2) is 50.7 Å². The van der Waals surface area contributed by atoms with Crippen molar-refractivity contribution < 1.29 is 23.8 Å². The Hall–Kier alpha value is -2.25. The van der Waals surface area contributed by atoms with Gasteiger partial charge in [-0.05, 0) is 58.8 Å². The Bertz CT molecular complexity index is 923. The van der Waals surface area contributed by atoms with Gasteiger partial charge in [-0.2, -0.15) is 0 Å². The number of halogens is 1. The van der Waals surface area contributed by atoms with E-state index < -0.39 is 5.97 Å². The highest BCUT2D eigenvalue weighted by Crippen LogP contribution is 2.42. The number of rotatable bonds is 6. The highest BCUT2D eigenvalue weighted by molar-refractivity contribution is 9.10. The van der Waals surface area contributed by atoms with Gasteiger partial charge >= 0.3 is 5.97 Å². The molecule has 140 valence electrons. The molecule has 5 nitrogen and oxygen atoms in total. The number of allylic oxidation sites excluding steroid dienone is 1. The number of carbonyl (C=O) groups is 2. The lowest BCUT2D eigenvalue weighted by Gasteiger charge is -2.14. The van der Waals surface area contributed by atoms with E-state index in [4.69, 9.17) is 9.47 Å². The molecule has 0 aromatic heterocycles. The van der Waals surface area contributed by atoms with Crippen molar-refractivity contribution in [3.05, 3.63) is 56.9 Å². The molecule has 0 spiro atoms. The zero-order chi connectivity index (χ0) is 19.4. The minimum Gasteiger partial charge on any atom is -0.490 e. The topological polar surface area (TPSA) is 61.8 Å². The molecule has 0 aliphatic carbocycles. The molecule has 1 aliphatic rings. The third-order valence-electron chi connectivity index (χ3n) is 3.77. The van der Waals surface area contributed by atoms with Gasteiger partial charge in [0.05, 0.1) is 23.1 Å². The van der Waals surface area contributed by atoms with Gasteiger partial charge in [0.2, 0.25) is 5.78 Å². The molecule has 3 rings (SSSR count). The Kier molecular flexibility index (Phi) is 6.23. The number of esters is 1. The molecule has 1 heterocycles. The number of benzene rings is 2. The molecular formula is C20H17BrO5S. The lowest BCUT2D eigenvalue weighted by molar-refractivity contribution is -0.142. The number of fused-ring (bicyclic) bond motifs is 1. The van der Waals surface area contributed by atoms with Gasteiger partial charge in [0.1, 0.15) is 0 Å². The summed E-state index contributed by atoms with van der Waals surface area (Å²) in [4.78, 5) is 25.5. The van der Waals surface area contributed by atoms with Gasteiger partial charge in [-0.25, -0.2) is 4.79 Å². The predicted molar refractivity (Wildman–Crippen MR) is 107 cm³/mol. The number of hydrogen-bond donors (Lipinski definition) is 0. The van der Waals surface area contributed by atoms with Crippen LogP contribution in [0.25, 0.3) is 6.08 Å². The van der Waals surface area contributed by atoms with E-state index in [0.29, 0.717) is 27.5 Å². The molecular weight excluding hydrogens is 432 g/mol. The van der Waals surface area contributed by atoms with E-state index in [1.165, 1.54) is 18.9 Å². The van der Waals surface area contributed by atoms with Crippen molar-refractivity contribution in [1.82, 2.24) is 0 Å². The first-order chi connectivity index (χ1) is 13.0. The van der Waals surface area contributed by atoms with Crippen LogP contribution in [0.4, 0.5) is 0 Å². The van der Waals surface area contributed by atoms with Crippen LogP contribution in [0.1, 0.15) is 22.8 Å². The van der Waals surface area contributed by atoms with Crippen molar-refractivity contribution in [3.8, 4) is 11.5 Å². The van der Waals surface area contributed by atoms with Crippen LogP contribution in [0, 0.1) is 0 Å². The summed E-state index contributed by atoms with van der Waals surface area (Å²) in [5.74, 6) is 0.422. The minimum atomic E-state index is -0.485. The molecule has 0 bridgehead atoms. The predicted octanol–water partition coefficient (Wildman–Crippen LogP) is 4.73. The molecule has 2 aromatic carbocycles. The first-order valence-corrected chi connectivity index (χ1v) is 9.83. The monoisotopic (exact) mass is 448 g/mol. The lowest BCUT2D eigenvalue weighted by atomic mass is 10.1. The van der Waals surface area contributed by atoms with Crippen LogP contribution in [-0.4, -0.2) is 32.1 Å². The number of ketones is 1. The van der Waals surface area contributed by atoms with Crippen molar-refractivity contribution in [3.63, 3.8) is 0 Å². The first-order valence-electron chi connectivity index (χ1n) is 8.22. The van der Waals surface area contributed by atoms with Gasteiger partial charge in [0.15, 0.2) is 18.1 Å². The SMILES string of the molecule is CCOc1cc(/C=C2/Sc3ccccc3C2=O)cc(Br)c1OCC(=O)OC. The fourth-order valence-corrected chi connectivity index (χ4v) is 4.18. The molecule has 1 aliphatic heterocycles. The number of hydrogen-bond acceptors (Lipinski definition) is 6. The highest BCUT2D eigenvalue weighted by Gasteiger charge is 2.25. The molecule has 0 radical (unpaired) electrons. The number of methoxy groups -OCH3 is 1. The second-order valence-electron chi connectivity index (χ2n) is 5.56. The summed E-state index contributed by atoms with van der Waals surface area (Å²) in [6, 6.07) is 11.1. The van der Waals surface area contributed by atoms with Crippen molar-refractivity contribution in [2.75, 3.05) is 20.3 Å². The van der Waals surface area contributed by atoms with Gasteiger partial charge in [0, 0.05) is 10.5 Å². The Labute approximate surface area is 169 Å². The van der Waals surface area contributed by atoms with Gasteiger partial charge in [0.25, 0.3) is 0 Å². The zero-order valence-electron chi connectivity index (χ0n) is 14.8. The van der Waals surface area contributed by atoms with E-state index in [1.807, 2.05) is 43.3 Å². The molecule has 27 heavy (non-hydrogen) atoms. The summed E-state index contributed by atoms with van der Waals surface area (Å²) >= 11 is 4.90. The molecule has 0 fully saturated rings. The summed E-state index contributed by atoms with van der Waals surface area (Å²) in [6.07, 6.45) is 1.82. The van der Waals surface area contributed by atoms with Crippen LogP contribution < -0.4 is 9.47 Å². The Balaban J connectivity index is 1.91. The van der Waals surface area contributed by atoms with Gasteiger partial charge in [-0.1, -0.05) is 23.9 Å². The third kappa shape index (κ3) is 4.36. The highest BCUT2D eigenvalue weighted by atomic mass is 79.9. The average Bonchev–Trinajstić information content (AvgIpc) is 2.97. The summed E-state index contributed by atoms with van der Waals surface area (Å²) in [7, 11) is 1.30. The summed E-state index contributed by atoms with van der Waals surface area (Å²) in [5, 5.41) is 0. The fourth-order valence-electron chi connectivity index (χ4n) is 2.55. The van der Waals surface area contributed by atoms with E-state index in [9.17, 15) is 9.59 Å². The van der Waals surface area contributed by atoms with Crippen LogP contribution >= 0.6 is 27.7 Å². The Morgan fingerprint density at radius 2 is 2.00 bits per heavy atom. The second-order valence-corrected chi connectivity index (χ2v) is 7.50. The fraction of sp³-hybridized carbons (Fsp3) is 0.200. The largest absolute Gasteiger partial charge is 0.490 e. The van der Waals surface area contributed by atoms with Crippen molar-refractivity contribution >= 4 is 45.5 Å². The molecule has 7 heteroatoms. The van der Waals surface area contributed by atoms with E-state index in [1.54, 1.807) is 6.07 Å². The Morgan fingerprint density at radius 3 is 2.70 bits per heavy atom. The van der Waals surface area contributed by atoms with Crippen LogP contribution in [0.5, 0.6) is 11.5 Å². The number of Topliss-reactive ketones (excluding diaryl/α,β-unsaturated/α-hetero) is 1. The third-order valence-corrected chi connectivity index (χ3v) is 5.45. The standard InChI is InChI=1S/C20H17BrO5S/c1-3-25-15-9-12(8-14(21)20(15)26-11-18(22)24-2)10-17-19(23)13-6-4-5-7-16(13)27-17/h4-10H,3,11H2,1-2H3/b17-10+. The average molecular weight is 449 g/mol. The second kappa shape index (κ2) is 8.63. The maximum atomic E-state index is 12.6. The van der Waals surface area contributed by atoms with Gasteiger partial charge < -0.3 is 14.2 Å². The van der Waals surface area contributed by atoms with Crippen molar-refractivity contribution in [1.29, 1.82) is 0 Å². The molecule has 0 unspecified atom stereocenters. The lowest BCUT2D eigenvalue weighted by Crippen LogP contribution is -2.13. The normalized spacial score (nSPS) is 14.2. The smallest absolute Gasteiger partial charge is 0.343 e. The number of thioether (sulfide) groups is 1. The zero-order valence-corrected chi connectivity index (χ0v) is 17.2. The molecule has 2 aromatic rings. The van der Waals surface area contributed by atoms with Crippen molar-refractivity contribution in [2.24, 2.45) is 0 Å². The number of ether oxygens (including phenoxy) is 3. The van der Waals surface area contributed by atoms with Gasteiger partial charge in [-0.15, -0.1) is 0 Å². The summed E-state index contributed by atoms with van der Waals surface area (Å²) in [5.41, 5.74) is 1.51. The van der Waals surface area contributed by atoms with E-state index in [0.717, 1.165) is 16.0 Å². The summed E-state index contributed by atoms with van der Waals surface area (Å²) < 4.78 is 16.4. The maximum Gasteiger partial charge on any atom is 0.343 e. The molecule has 0 saturated carbocycles. The van der Waals surface area contributed by atoms with E-state index in [2.05, 4.69) is 20.7 Å². The molecule has 0 N–H and O–H groups in total. The van der Waals surface area contributed by atoms with Crippen LogP contribution in [0.2, 0.25) is 0 Å². The first kappa shape index (κ1) is 19.5. The molecule has 0 saturated heterocycles. The quantitative estimate of drug-likeness (QED) is 0.470. The molecule has 0 atom stereocenters. The van der Waals surface area contributed by atoms with E-state index in [-0.39, 0.29) is 12.4 Å². The van der Waals surface area contributed by atoms with Crippen molar-refractivity contribution in [2.45, 2.75) is 11.8 Å². The maximum absolute atomic E-state index is 12.6. The molecule has 0 amide bonds. The summed E-state index contributed by atoms with van der Waals surface area (Å²) in [6.45, 7) is 2.07. The Morgan fingerprint density at radius 1 is 1.22 bits per heavy atom. The number of carbonyl (C=O) groups excluding carboxylic acids is 2. The van der Waals surface area contributed by atoms with Crippen LogP contribution in [0.3, 0.4) is 0 Å². The minimum absolute atomic E-state index is 0.00991.